The van der Waals surface area contributed by atoms with Crippen molar-refractivity contribution in [3.63, 3.8) is 0 Å². The van der Waals surface area contributed by atoms with E-state index >= 15 is 0 Å². The molecule has 2 fully saturated rings. The minimum atomic E-state index is -0.473. The minimum absolute atomic E-state index is 0.231. The quantitative estimate of drug-likeness (QED) is 0.120. The maximum Gasteiger partial charge on any atom is 0.410 e. The van der Waals surface area contributed by atoms with Crippen molar-refractivity contribution in [2.24, 2.45) is 0 Å². The fraction of sp³-hybridized carbons (Fsp3) is 0.529. The third kappa shape index (κ3) is 18.1. The highest BCUT2D eigenvalue weighted by molar-refractivity contribution is 9.10. The van der Waals surface area contributed by atoms with Crippen LogP contribution in [0.15, 0.2) is 77.5 Å². The molecule has 2 amide bonds. The van der Waals surface area contributed by atoms with Crippen molar-refractivity contribution in [3.8, 4) is 0 Å². The molecule has 4 aromatic rings. The van der Waals surface area contributed by atoms with Crippen LogP contribution in [-0.2, 0) is 25.4 Å². The zero-order chi connectivity index (χ0) is 47.9. The van der Waals surface area contributed by atoms with Gasteiger partial charge in [-0.1, -0.05) is 26.0 Å². The Labute approximate surface area is 397 Å². The van der Waals surface area contributed by atoms with Crippen LogP contribution in [0.5, 0.6) is 0 Å². The van der Waals surface area contributed by atoms with Crippen LogP contribution in [0.3, 0.4) is 0 Å². The monoisotopic (exact) mass is 959 g/mol. The van der Waals surface area contributed by atoms with Gasteiger partial charge >= 0.3 is 12.2 Å². The standard InChI is InChI=1S/C27H39N3O4.C16H25N3O2.C8H10BrN/c1-7-32-25(33-8-2)24-10-9-21(19-28-24)17-22-15-20(3)16-23(18-22)29-11-13-30(14-12-29)26(31)34-27(4,5)6;1-12-9-13(17)11-14(10-12)18-5-7-19(8-6-18)15(20)21-16(2,3)4;1-6(2)8-4-3-7(9)5-10-8/h9-10,15-16,18-19,25H,7-8,11-14,17H2,1-6H3;9-11H,5-8,17H2,1-4H3;3-6H,1-2H3. The first kappa shape index (κ1) is 52.7. The molecule has 2 N–H and O–H groups in total. The van der Waals surface area contributed by atoms with Crippen LogP contribution in [-0.4, -0.2) is 109 Å². The summed E-state index contributed by atoms with van der Waals surface area (Å²) in [4.78, 5) is 41.4. The highest BCUT2D eigenvalue weighted by atomic mass is 79.9. The molecule has 0 unspecified atom stereocenters. The summed E-state index contributed by atoms with van der Waals surface area (Å²) < 4.78 is 23.3. The van der Waals surface area contributed by atoms with Crippen LogP contribution in [0.1, 0.15) is 115 Å². The number of benzene rings is 2. The smallest absolute Gasteiger partial charge is 0.410 e. The van der Waals surface area contributed by atoms with Gasteiger partial charge in [-0.3, -0.25) is 9.97 Å². The van der Waals surface area contributed by atoms with E-state index in [1.807, 2.05) is 105 Å². The van der Waals surface area contributed by atoms with Gasteiger partial charge in [0.15, 0.2) is 0 Å². The SMILES string of the molecule is CC(C)c1ccc(Br)cn1.CCOC(OCC)c1ccc(Cc2cc(C)cc(N3CCN(C(=O)OC(C)(C)C)CC3)c2)cn1.Cc1cc(N)cc(N2CCN(C(=O)OC(C)(C)C)CC2)c1. The first-order chi connectivity index (χ1) is 30.6. The maximum absolute atomic E-state index is 12.4. The number of halogens is 1. The normalized spacial score (nSPS) is 14.4. The average molecular weight is 961 g/mol. The topological polar surface area (TPSA) is 136 Å². The highest BCUT2D eigenvalue weighted by Crippen LogP contribution is 2.25. The number of pyridine rings is 2. The lowest BCUT2D eigenvalue weighted by Crippen LogP contribution is -2.50. The number of amides is 2. The third-order valence-corrected chi connectivity index (χ3v) is 10.7. The van der Waals surface area contributed by atoms with Gasteiger partial charge in [0, 0.05) is 105 Å². The number of carbonyl (C=O) groups is 2. The Morgan fingerprint density at radius 2 is 1.12 bits per heavy atom. The van der Waals surface area contributed by atoms with Crippen LogP contribution in [0.25, 0.3) is 0 Å². The van der Waals surface area contributed by atoms with Crippen molar-refractivity contribution in [3.05, 3.63) is 111 Å². The van der Waals surface area contributed by atoms with Gasteiger partial charge in [0.05, 0.1) is 5.69 Å². The van der Waals surface area contributed by atoms with Gasteiger partial charge < -0.3 is 44.3 Å². The predicted octanol–water partition coefficient (Wildman–Crippen LogP) is 10.7. The number of hydrogen-bond donors (Lipinski definition) is 1. The molecular weight excluding hydrogens is 887 g/mol. The third-order valence-electron chi connectivity index (χ3n) is 10.3. The number of piperazine rings is 2. The summed E-state index contributed by atoms with van der Waals surface area (Å²) in [6.07, 6.45) is 3.65. The molecule has 0 saturated carbocycles. The Morgan fingerprint density at radius 3 is 1.54 bits per heavy atom. The second-order valence-corrected chi connectivity index (χ2v) is 19.7. The molecule has 356 valence electrons. The molecule has 2 aromatic carbocycles. The van der Waals surface area contributed by atoms with Crippen LogP contribution in [0.4, 0.5) is 26.7 Å². The van der Waals surface area contributed by atoms with E-state index in [-0.39, 0.29) is 12.2 Å². The molecule has 14 heteroatoms. The van der Waals surface area contributed by atoms with Gasteiger partial charge in [-0.15, -0.1) is 0 Å². The summed E-state index contributed by atoms with van der Waals surface area (Å²) in [6, 6.07) is 20.9. The zero-order valence-corrected chi connectivity index (χ0v) is 42.5. The Kier molecular flexibility index (Phi) is 19.9. The van der Waals surface area contributed by atoms with Gasteiger partial charge in [-0.05, 0) is 168 Å². The van der Waals surface area contributed by atoms with Crippen LogP contribution >= 0.6 is 15.9 Å². The van der Waals surface area contributed by atoms with Gasteiger partial charge in [0.1, 0.15) is 11.2 Å². The Hall–Kier alpha value is -4.92. The van der Waals surface area contributed by atoms with Gasteiger partial charge in [-0.25, -0.2) is 9.59 Å². The van der Waals surface area contributed by atoms with E-state index in [1.54, 1.807) is 9.80 Å². The van der Waals surface area contributed by atoms with Crippen molar-refractivity contribution >= 4 is 45.2 Å². The minimum Gasteiger partial charge on any atom is -0.444 e. The molecule has 2 saturated heterocycles. The fourth-order valence-corrected chi connectivity index (χ4v) is 7.45. The molecule has 6 rings (SSSR count). The lowest BCUT2D eigenvalue weighted by atomic mass is 10.0. The molecule has 0 radical (unpaired) electrons. The summed E-state index contributed by atoms with van der Waals surface area (Å²) in [6.45, 7) is 30.7. The average Bonchev–Trinajstić information content (AvgIpc) is 3.23. The molecule has 0 atom stereocenters. The molecule has 2 aliphatic rings. The number of nitrogens with two attached hydrogens (primary N) is 1. The number of hydrogen-bond acceptors (Lipinski definition) is 11. The number of nitrogens with zero attached hydrogens (tertiary/aromatic N) is 6. The van der Waals surface area contributed by atoms with Gasteiger partial charge in [0.2, 0.25) is 6.29 Å². The number of anilines is 3. The lowest BCUT2D eigenvalue weighted by molar-refractivity contribution is -0.142. The summed E-state index contributed by atoms with van der Waals surface area (Å²) in [7, 11) is 0. The van der Waals surface area contributed by atoms with Crippen molar-refractivity contribution in [1.82, 2.24) is 19.8 Å². The molecule has 2 aromatic heterocycles. The molecule has 4 heterocycles. The Morgan fingerprint density at radius 1 is 0.646 bits per heavy atom. The van der Waals surface area contributed by atoms with Gasteiger partial charge in [0.25, 0.3) is 0 Å². The van der Waals surface area contributed by atoms with E-state index in [2.05, 4.69) is 86.8 Å². The lowest BCUT2D eigenvalue weighted by Gasteiger charge is -2.37. The maximum atomic E-state index is 12.4. The molecule has 65 heavy (non-hydrogen) atoms. The molecule has 2 aliphatic heterocycles. The second kappa shape index (κ2) is 24.6. The Bertz CT molecular complexity index is 2060. The zero-order valence-electron chi connectivity index (χ0n) is 40.9. The molecule has 13 nitrogen and oxygen atoms in total. The number of nitrogen functional groups attached to an aromatic ring is 1. The molecule has 0 spiro atoms. The van der Waals surface area contributed by atoms with E-state index in [1.165, 1.54) is 16.8 Å². The number of rotatable bonds is 10. The van der Waals surface area contributed by atoms with Gasteiger partial charge in [-0.2, -0.15) is 0 Å². The summed E-state index contributed by atoms with van der Waals surface area (Å²) in [5.41, 5.74) is 14.8. The number of ether oxygens (including phenoxy) is 4. The second-order valence-electron chi connectivity index (χ2n) is 18.8. The van der Waals surface area contributed by atoms with Crippen molar-refractivity contribution in [2.45, 2.75) is 113 Å². The van der Waals surface area contributed by atoms with E-state index in [0.717, 1.165) is 71.0 Å². The van der Waals surface area contributed by atoms with Crippen molar-refractivity contribution in [2.75, 3.05) is 81.1 Å². The van der Waals surface area contributed by atoms with E-state index in [9.17, 15) is 9.59 Å². The highest BCUT2D eigenvalue weighted by Gasteiger charge is 2.27. The van der Waals surface area contributed by atoms with Crippen LogP contribution in [0, 0.1) is 13.8 Å². The van der Waals surface area contributed by atoms with Crippen molar-refractivity contribution < 1.29 is 28.5 Å². The number of aromatic nitrogens is 2. The first-order valence-corrected chi connectivity index (χ1v) is 23.6. The van der Waals surface area contributed by atoms with Crippen LogP contribution in [0.2, 0.25) is 0 Å². The summed E-state index contributed by atoms with van der Waals surface area (Å²) >= 11 is 3.33. The fourth-order valence-electron chi connectivity index (χ4n) is 7.21. The molecular formula is C51H74BrN7O6. The summed E-state index contributed by atoms with van der Waals surface area (Å²) in [5.74, 6) is 0.521. The molecule has 0 bridgehead atoms. The first-order valence-electron chi connectivity index (χ1n) is 22.9. The van der Waals surface area contributed by atoms with E-state index in [0.29, 0.717) is 45.3 Å². The number of carbonyl (C=O) groups excluding carboxylic acids is 2. The predicted molar refractivity (Wildman–Crippen MR) is 266 cm³/mol. The van der Waals surface area contributed by atoms with E-state index in [4.69, 9.17) is 24.7 Å². The molecule has 0 aliphatic carbocycles. The Balaban J connectivity index is 0.000000251. The van der Waals surface area contributed by atoms with Crippen LogP contribution < -0.4 is 15.5 Å². The largest absolute Gasteiger partial charge is 0.444 e. The van der Waals surface area contributed by atoms with Crippen molar-refractivity contribution in [1.29, 1.82) is 0 Å². The number of aryl methyl sites for hydroxylation is 2. The summed E-state index contributed by atoms with van der Waals surface area (Å²) in [5, 5.41) is 0. The van der Waals surface area contributed by atoms with E-state index < -0.39 is 17.5 Å².